The average molecular weight is 209 g/mol. The van der Waals surface area contributed by atoms with Crippen molar-refractivity contribution in [1.82, 2.24) is 0 Å². The van der Waals surface area contributed by atoms with Gasteiger partial charge in [-0.2, -0.15) is 0 Å². The fraction of sp³-hybridized carbons (Fsp3) is 0.364. The number of hydrogen-bond donors (Lipinski definition) is 2. The molecular formula is C11H15NO3. The molecule has 0 atom stereocenters. The Balaban J connectivity index is 2.62. The first-order valence-corrected chi connectivity index (χ1v) is 4.79. The second-order valence-electron chi connectivity index (χ2n) is 3.28. The minimum atomic E-state index is -0.383. The molecule has 0 aliphatic carbocycles. The van der Waals surface area contributed by atoms with Gasteiger partial charge in [0.2, 0.25) is 0 Å². The van der Waals surface area contributed by atoms with E-state index < -0.39 is 0 Å². The summed E-state index contributed by atoms with van der Waals surface area (Å²) in [5.41, 5.74) is 7.62. The number of aryl methyl sites for hydroxylation is 1. The van der Waals surface area contributed by atoms with Gasteiger partial charge in [-0.15, -0.1) is 0 Å². The summed E-state index contributed by atoms with van der Waals surface area (Å²) < 4.78 is 4.92. The molecule has 0 heterocycles. The zero-order chi connectivity index (χ0) is 11.3. The van der Waals surface area contributed by atoms with Gasteiger partial charge in [-0.1, -0.05) is 0 Å². The lowest BCUT2D eigenvalue weighted by Gasteiger charge is -2.05. The van der Waals surface area contributed by atoms with Crippen LogP contribution in [0.5, 0.6) is 0 Å². The Labute approximate surface area is 88.7 Å². The molecule has 15 heavy (non-hydrogen) atoms. The van der Waals surface area contributed by atoms with Gasteiger partial charge in [0.15, 0.2) is 0 Å². The maximum atomic E-state index is 11.4. The van der Waals surface area contributed by atoms with E-state index in [-0.39, 0.29) is 19.2 Å². The maximum Gasteiger partial charge on any atom is 0.338 e. The van der Waals surface area contributed by atoms with Gasteiger partial charge in [-0.25, -0.2) is 4.79 Å². The highest BCUT2D eigenvalue weighted by Gasteiger charge is 2.07. The molecular weight excluding hydrogens is 194 g/mol. The Morgan fingerprint density at radius 2 is 2.27 bits per heavy atom. The number of aliphatic hydroxyl groups is 1. The van der Waals surface area contributed by atoms with E-state index in [1.54, 1.807) is 18.2 Å². The van der Waals surface area contributed by atoms with Crippen LogP contribution in [0.3, 0.4) is 0 Å². The van der Waals surface area contributed by atoms with Crippen LogP contribution in [0.25, 0.3) is 0 Å². The monoisotopic (exact) mass is 209 g/mol. The molecule has 3 N–H and O–H groups in total. The minimum Gasteiger partial charge on any atom is -0.462 e. The third kappa shape index (κ3) is 3.25. The largest absolute Gasteiger partial charge is 0.462 e. The zero-order valence-electron chi connectivity index (χ0n) is 8.69. The van der Waals surface area contributed by atoms with Crippen molar-refractivity contribution in [3.8, 4) is 0 Å². The number of benzene rings is 1. The topological polar surface area (TPSA) is 72.5 Å². The first kappa shape index (κ1) is 11.5. The molecule has 0 bridgehead atoms. The molecule has 0 amide bonds. The molecule has 4 nitrogen and oxygen atoms in total. The van der Waals surface area contributed by atoms with Crippen molar-refractivity contribution >= 4 is 11.7 Å². The molecule has 1 aromatic carbocycles. The number of anilines is 1. The highest BCUT2D eigenvalue weighted by molar-refractivity contribution is 5.90. The molecule has 82 valence electrons. The summed E-state index contributed by atoms with van der Waals surface area (Å²) in [4.78, 5) is 11.4. The predicted molar refractivity (Wildman–Crippen MR) is 57.6 cm³/mol. The van der Waals surface area contributed by atoms with Crippen LogP contribution in [0.1, 0.15) is 22.3 Å². The third-order valence-electron chi connectivity index (χ3n) is 2.04. The van der Waals surface area contributed by atoms with Crippen molar-refractivity contribution in [2.45, 2.75) is 13.3 Å². The van der Waals surface area contributed by atoms with E-state index in [1.807, 2.05) is 6.92 Å². The number of esters is 1. The van der Waals surface area contributed by atoms with Gasteiger partial charge in [0.05, 0.1) is 12.2 Å². The number of nitrogen functional groups attached to an aromatic ring is 1. The van der Waals surface area contributed by atoms with Gasteiger partial charge in [0, 0.05) is 18.7 Å². The molecule has 0 radical (unpaired) electrons. The van der Waals surface area contributed by atoms with Crippen molar-refractivity contribution in [3.63, 3.8) is 0 Å². The normalized spacial score (nSPS) is 10.0. The van der Waals surface area contributed by atoms with Gasteiger partial charge in [0.1, 0.15) is 0 Å². The second kappa shape index (κ2) is 5.36. The lowest BCUT2D eigenvalue weighted by molar-refractivity contribution is 0.0482. The fourth-order valence-electron chi connectivity index (χ4n) is 1.12. The number of rotatable bonds is 4. The maximum absolute atomic E-state index is 11.4. The number of hydrogen-bond acceptors (Lipinski definition) is 4. The van der Waals surface area contributed by atoms with Crippen molar-refractivity contribution in [1.29, 1.82) is 0 Å². The third-order valence-corrected chi connectivity index (χ3v) is 2.04. The number of nitrogens with two attached hydrogens (primary N) is 1. The van der Waals surface area contributed by atoms with Crippen LogP contribution in [0.15, 0.2) is 18.2 Å². The first-order chi connectivity index (χ1) is 7.15. The van der Waals surface area contributed by atoms with Crippen LogP contribution in [0.2, 0.25) is 0 Å². The van der Waals surface area contributed by atoms with Crippen molar-refractivity contribution in [2.24, 2.45) is 0 Å². The smallest absolute Gasteiger partial charge is 0.338 e. The standard InChI is InChI=1S/C11H15NO3/c1-8-7-9(3-4-10(8)12)11(14)15-6-2-5-13/h3-4,7,13H,2,5-6,12H2,1H3. The van der Waals surface area contributed by atoms with Gasteiger partial charge in [-0.05, 0) is 30.7 Å². The molecule has 0 aromatic heterocycles. The average Bonchev–Trinajstić information content (AvgIpc) is 2.22. The lowest BCUT2D eigenvalue weighted by Crippen LogP contribution is -2.08. The van der Waals surface area contributed by atoms with Gasteiger partial charge in [-0.3, -0.25) is 0 Å². The van der Waals surface area contributed by atoms with Gasteiger partial charge in [0.25, 0.3) is 0 Å². The van der Waals surface area contributed by atoms with E-state index in [9.17, 15) is 4.79 Å². The lowest BCUT2D eigenvalue weighted by atomic mass is 10.1. The second-order valence-corrected chi connectivity index (χ2v) is 3.28. The number of carbonyl (C=O) groups is 1. The quantitative estimate of drug-likeness (QED) is 0.442. The van der Waals surface area contributed by atoms with Crippen molar-refractivity contribution in [2.75, 3.05) is 18.9 Å². The summed E-state index contributed by atoms with van der Waals surface area (Å²) in [6.45, 7) is 2.09. The molecule has 0 saturated heterocycles. The number of ether oxygens (including phenoxy) is 1. The first-order valence-electron chi connectivity index (χ1n) is 4.79. The van der Waals surface area contributed by atoms with Crippen molar-refractivity contribution < 1.29 is 14.6 Å². The molecule has 0 unspecified atom stereocenters. The highest BCUT2D eigenvalue weighted by Crippen LogP contribution is 2.13. The Hall–Kier alpha value is -1.55. The van der Waals surface area contributed by atoms with Crippen molar-refractivity contribution in [3.05, 3.63) is 29.3 Å². The van der Waals surface area contributed by atoms with E-state index >= 15 is 0 Å². The summed E-state index contributed by atoms with van der Waals surface area (Å²) >= 11 is 0. The van der Waals surface area contributed by atoms with E-state index in [4.69, 9.17) is 15.6 Å². The summed E-state index contributed by atoms with van der Waals surface area (Å²) in [6, 6.07) is 5.00. The van der Waals surface area contributed by atoms with Crippen LogP contribution in [0, 0.1) is 6.92 Å². The number of aliphatic hydroxyl groups excluding tert-OH is 1. The van der Waals surface area contributed by atoms with Gasteiger partial charge >= 0.3 is 5.97 Å². The molecule has 0 saturated carbocycles. The molecule has 4 heteroatoms. The van der Waals surface area contributed by atoms with E-state index in [0.29, 0.717) is 17.7 Å². The Kier molecular flexibility index (Phi) is 4.12. The molecule has 0 spiro atoms. The summed E-state index contributed by atoms with van der Waals surface area (Å²) in [5, 5.41) is 8.52. The molecule has 1 rings (SSSR count). The Bertz CT molecular complexity index is 350. The fourth-order valence-corrected chi connectivity index (χ4v) is 1.12. The molecule has 0 aliphatic heterocycles. The Morgan fingerprint density at radius 3 is 2.87 bits per heavy atom. The van der Waals surface area contributed by atoms with E-state index in [2.05, 4.69) is 0 Å². The predicted octanol–water partition coefficient (Wildman–Crippen LogP) is 1.12. The van der Waals surface area contributed by atoms with Crippen LogP contribution in [-0.2, 0) is 4.74 Å². The van der Waals surface area contributed by atoms with Crippen LogP contribution < -0.4 is 5.73 Å². The SMILES string of the molecule is Cc1cc(C(=O)OCCCO)ccc1N. The zero-order valence-corrected chi connectivity index (χ0v) is 8.69. The minimum absolute atomic E-state index is 0.0219. The van der Waals surface area contributed by atoms with Crippen LogP contribution in [0.4, 0.5) is 5.69 Å². The molecule has 1 aromatic rings. The van der Waals surface area contributed by atoms with E-state index in [1.165, 1.54) is 0 Å². The Morgan fingerprint density at radius 1 is 1.53 bits per heavy atom. The summed E-state index contributed by atoms with van der Waals surface area (Å²) in [5.74, 6) is -0.383. The van der Waals surface area contributed by atoms with Crippen LogP contribution >= 0.6 is 0 Å². The summed E-state index contributed by atoms with van der Waals surface area (Å²) in [7, 11) is 0. The van der Waals surface area contributed by atoms with Gasteiger partial charge < -0.3 is 15.6 Å². The highest BCUT2D eigenvalue weighted by atomic mass is 16.5. The molecule has 0 aliphatic rings. The molecule has 0 fully saturated rings. The summed E-state index contributed by atoms with van der Waals surface area (Å²) in [6.07, 6.45) is 0.458. The number of carbonyl (C=O) groups excluding carboxylic acids is 1. The van der Waals surface area contributed by atoms with E-state index in [0.717, 1.165) is 5.56 Å². The van der Waals surface area contributed by atoms with Crippen LogP contribution in [-0.4, -0.2) is 24.3 Å².